The van der Waals surface area contributed by atoms with E-state index in [9.17, 15) is 43.3 Å². The van der Waals surface area contributed by atoms with Crippen LogP contribution in [0.15, 0.2) is 177 Å². The van der Waals surface area contributed by atoms with Crippen molar-refractivity contribution in [3.63, 3.8) is 0 Å². The minimum absolute atomic E-state index is 0.000539. The SMILES string of the molecule is Cc1ccc(S(=O)(=O)N2CCN(CCCN3CCN(S(=O)(=O)c4ccc(C)cc4)CCN(C(=O)c4ccccc4)CCN(S(=O)(=O)c4ccc(C)cc4)CC3)CCN(S(=O)(=O)c3ccc(C)cc3)CCN(C(=O)c3ccccc3)CC2)cc1. The predicted octanol–water partition coefficient (Wildman–Crippen LogP) is 6.29. The molecule has 0 atom stereocenters. The van der Waals surface area contributed by atoms with E-state index in [2.05, 4.69) is 0 Å². The van der Waals surface area contributed by atoms with Crippen LogP contribution in [0.2, 0.25) is 0 Å². The zero-order valence-corrected chi connectivity index (χ0v) is 51.0. The minimum atomic E-state index is -4.11. The van der Waals surface area contributed by atoms with Gasteiger partial charge in [-0.05, 0) is 120 Å². The van der Waals surface area contributed by atoms with E-state index in [1.165, 1.54) is 27.0 Å². The van der Waals surface area contributed by atoms with Crippen LogP contribution in [0.4, 0.5) is 0 Å². The standard InChI is InChI=1S/C61H76N8O10S4/c1-50-16-24-56(25-17-50)80(72,73)66-42-34-62(35-43-67(81(74,75)57-26-18-51(2)19-27-57)47-39-64(38-46-66)60(70)54-12-7-5-8-13-54)32-11-33-63-36-44-68(82(76,77)58-28-20-52(3)21-29-58)48-40-65(61(71)55-14-9-6-10-15-55)41-49-69(45-37-63)83(78,79)59-30-22-53(4)23-31-59/h5-10,12-31H,11,32-49H2,1-4H3. The second-order valence-electron chi connectivity index (χ2n) is 21.2. The summed E-state index contributed by atoms with van der Waals surface area (Å²) in [6.45, 7) is 8.46. The first kappa shape index (κ1) is 62.9. The van der Waals surface area contributed by atoms with Crippen LogP contribution < -0.4 is 0 Å². The van der Waals surface area contributed by atoms with Gasteiger partial charge in [-0.15, -0.1) is 0 Å². The molecule has 2 fully saturated rings. The average Bonchev–Trinajstić information content (AvgIpc) is 3.67. The Labute approximate surface area is 491 Å². The molecule has 0 spiro atoms. The van der Waals surface area contributed by atoms with Crippen molar-refractivity contribution in [1.82, 2.24) is 36.8 Å². The van der Waals surface area contributed by atoms with Crippen LogP contribution in [-0.2, 0) is 40.1 Å². The molecule has 6 aromatic carbocycles. The normalized spacial score (nSPS) is 17.6. The number of sulfonamides is 4. The summed E-state index contributed by atoms with van der Waals surface area (Å²) >= 11 is 0. The van der Waals surface area contributed by atoms with Crippen LogP contribution in [0.1, 0.15) is 49.4 Å². The third kappa shape index (κ3) is 16.2. The third-order valence-corrected chi connectivity index (χ3v) is 23.0. The molecule has 0 aliphatic carbocycles. The predicted molar refractivity (Wildman–Crippen MR) is 322 cm³/mol. The molecule has 444 valence electrons. The lowest BCUT2D eigenvalue weighted by molar-refractivity contribution is 0.0728. The molecule has 2 heterocycles. The van der Waals surface area contributed by atoms with E-state index < -0.39 is 40.1 Å². The van der Waals surface area contributed by atoms with Crippen molar-refractivity contribution in [2.75, 3.05) is 118 Å². The Morgan fingerprint density at radius 1 is 0.301 bits per heavy atom. The van der Waals surface area contributed by atoms with Gasteiger partial charge in [-0.2, -0.15) is 17.2 Å². The van der Waals surface area contributed by atoms with Crippen molar-refractivity contribution in [3.8, 4) is 0 Å². The molecular formula is C61H76N8O10S4. The Hall–Kier alpha value is -6.18. The van der Waals surface area contributed by atoms with E-state index in [4.69, 9.17) is 0 Å². The fourth-order valence-electron chi connectivity index (χ4n) is 10.1. The van der Waals surface area contributed by atoms with Gasteiger partial charge in [-0.1, -0.05) is 107 Å². The summed E-state index contributed by atoms with van der Waals surface area (Å²) in [5, 5.41) is 0. The highest BCUT2D eigenvalue weighted by Gasteiger charge is 2.33. The zero-order valence-electron chi connectivity index (χ0n) is 47.7. The van der Waals surface area contributed by atoms with Gasteiger partial charge in [0.2, 0.25) is 40.1 Å². The molecule has 0 aromatic heterocycles. The Morgan fingerprint density at radius 2 is 0.518 bits per heavy atom. The molecule has 0 unspecified atom stereocenters. The molecule has 18 nitrogen and oxygen atoms in total. The summed E-state index contributed by atoms with van der Waals surface area (Å²) in [4.78, 5) is 35.9. The highest BCUT2D eigenvalue weighted by molar-refractivity contribution is 7.90. The number of rotatable bonds is 14. The third-order valence-electron chi connectivity index (χ3n) is 15.3. The van der Waals surface area contributed by atoms with Gasteiger partial charge in [0.25, 0.3) is 11.8 Å². The monoisotopic (exact) mass is 1210 g/mol. The molecule has 0 bridgehead atoms. The summed E-state index contributed by atoms with van der Waals surface area (Å²) in [7, 11) is -16.4. The lowest BCUT2D eigenvalue weighted by Gasteiger charge is -2.35. The number of aryl methyl sites for hydroxylation is 4. The first-order valence-corrected chi connectivity index (χ1v) is 33.8. The van der Waals surface area contributed by atoms with E-state index in [0.29, 0.717) is 30.6 Å². The number of carbonyl (C=O) groups excluding carboxylic acids is 2. The fourth-order valence-corrected chi connectivity index (χ4v) is 15.8. The van der Waals surface area contributed by atoms with E-state index in [1.54, 1.807) is 158 Å². The number of hydrogen-bond donors (Lipinski definition) is 0. The largest absolute Gasteiger partial charge is 0.336 e. The molecule has 22 heteroatoms. The van der Waals surface area contributed by atoms with Crippen LogP contribution in [0.3, 0.4) is 0 Å². The molecule has 2 aliphatic rings. The molecule has 0 N–H and O–H groups in total. The van der Waals surface area contributed by atoms with Crippen LogP contribution in [0.5, 0.6) is 0 Å². The van der Waals surface area contributed by atoms with E-state index in [1.807, 2.05) is 37.5 Å². The Bertz CT molecular complexity index is 3160. The van der Waals surface area contributed by atoms with Crippen LogP contribution in [0, 0.1) is 27.7 Å². The van der Waals surface area contributed by atoms with E-state index >= 15 is 0 Å². The van der Waals surface area contributed by atoms with Crippen LogP contribution >= 0.6 is 0 Å². The molecule has 2 saturated heterocycles. The summed E-state index contributed by atoms with van der Waals surface area (Å²) in [5.74, 6) is -0.725. The molecule has 8 rings (SSSR count). The Morgan fingerprint density at radius 3 is 0.747 bits per heavy atom. The summed E-state index contributed by atoms with van der Waals surface area (Å²) in [6.07, 6.45) is 0.434. The van der Waals surface area contributed by atoms with Gasteiger partial charge < -0.3 is 19.6 Å². The van der Waals surface area contributed by atoms with Gasteiger partial charge in [-0.3, -0.25) is 9.59 Å². The number of nitrogens with zero attached hydrogens (tertiary/aromatic N) is 8. The Balaban J connectivity index is 1.10. The second kappa shape index (κ2) is 28.1. The second-order valence-corrected chi connectivity index (χ2v) is 29.0. The van der Waals surface area contributed by atoms with Gasteiger partial charge in [-0.25, -0.2) is 33.7 Å². The summed E-state index contributed by atoms with van der Waals surface area (Å²) < 4.78 is 123. The van der Waals surface area contributed by atoms with E-state index in [-0.39, 0.29) is 136 Å². The first-order valence-electron chi connectivity index (χ1n) is 28.0. The quantitative estimate of drug-likeness (QED) is 0.118. The van der Waals surface area contributed by atoms with Crippen molar-refractivity contribution in [3.05, 3.63) is 191 Å². The first-order chi connectivity index (χ1) is 39.6. The number of amides is 2. The van der Waals surface area contributed by atoms with Gasteiger partial charge in [0, 0.05) is 116 Å². The number of benzene rings is 6. The van der Waals surface area contributed by atoms with Gasteiger partial charge in [0.15, 0.2) is 0 Å². The maximum absolute atomic E-state index is 14.6. The highest BCUT2D eigenvalue weighted by Crippen LogP contribution is 2.23. The van der Waals surface area contributed by atoms with Crippen LogP contribution in [0.25, 0.3) is 0 Å². The lowest BCUT2D eigenvalue weighted by atomic mass is 10.2. The molecule has 83 heavy (non-hydrogen) atoms. The van der Waals surface area contributed by atoms with Crippen LogP contribution in [-0.4, -0.2) is 200 Å². The maximum Gasteiger partial charge on any atom is 0.253 e. The highest BCUT2D eigenvalue weighted by atomic mass is 32.2. The molecule has 6 aromatic rings. The Kier molecular flexibility index (Phi) is 21.3. The molecule has 2 amide bonds. The van der Waals surface area contributed by atoms with Crippen molar-refractivity contribution < 1.29 is 43.3 Å². The minimum Gasteiger partial charge on any atom is -0.336 e. The average molecular weight is 1210 g/mol. The number of hydrogen-bond acceptors (Lipinski definition) is 12. The van der Waals surface area contributed by atoms with Crippen molar-refractivity contribution >= 4 is 51.9 Å². The summed E-state index contributed by atoms with van der Waals surface area (Å²) in [6, 6.07) is 43.6. The van der Waals surface area contributed by atoms with Gasteiger partial charge in [0.1, 0.15) is 0 Å². The molecule has 2 aliphatic heterocycles. The van der Waals surface area contributed by atoms with Crippen molar-refractivity contribution in [2.45, 2.75) is 53.7 Å². The van der Waals surface area contributed by atoms with Crippen molar-refractivity contribution in [1.29, 1.82) is 0 Å². The lowest BCUT2D eigenvalue weighted by Crippen LogP contribution is -2.50. The zero-order chi connectivity index (χ0) is 59.4. The topological polar surface area (TPSA) is 197 Å². The maximum atomic E-state index is 14.6. The fraction of sp³-hybridized carbons (Fsp3) is 0.377. The smallest absolute Gasteiger partial charge is 0.253 e. The number of carbonyl (C=O) groups is 2. The van der Waals surface area contributed by atoms with Gasteiger partial charge >= 0.3 is 0 Å². The molecule has 0 saturated carbocycles. The molecular weight excluding hydrogens is 1130 g/mol. The molecule has 0 radical (unpaired) electrons. The van der Waals surface area contributed by atoms with Crippen molar-refractivity contribution in [2.24, 2.45) is 0 Å². The van der Waals surface area contributed by atoms with Gasteiger partial charge in [0.05, 0.1) is 19.6 Å². The summed E-state index contributed by atoms with van der Waals surface area (Å²) in [5.41, 5.74) is 4.30. The van der Waals surface area contributed by atoms with E-state index in [0.717, 1.165) is 22.3 Å².